The van der Waals surface area contributed by atoms with Crippen LogP contribution in [0.15, 0.2) is 18.2 Å². The Labute approximate surface area is 150 Å². The van der Waals surface area contributed by atoms with Crippen LogP contribution in [0, 0.1) is 0 Å². The first kappa shape index (κ1) is 18.4. The van der Waals surface area contributed by atoms with Crippen molar-refractivity contribution in [2.24, 2.45) is 0 Å². The van der Waals surface area contributed by atoms with Crippen LogP contribution >= 0.6 is 0 Å². The maximum absolute atomic E-state index is 12.5. The first-order valence-electron chi connectivity index (χ1n) is 9.44. The second-order valence-corrected chi connectivity index (χ2v) is 7.33. The summed E-state index contributed by atoms with van der Waals surface area (Å²) in [6.45, 7) is 4.12. The summed E-state index contributed by atoms with van der Waals surface area (Å²) >= 11 is 0. The van der Waals surface area contributed by atoms with Gasteiger partial charge in [-0.25, -0.2) is 0 Å². The van der Waals surface area contributed by atoms with Crippen molar-refractivity contribution in [3.63, 3.8) is 0 Å². The van der Waals surface area contributed by atoms with Gasteiger partial charge in [0.15, 0.2) is 0 Å². The first-order valence-corrected chi connectivity index (χ1v) is 9.44. The quantitative estimate of drug-likeness (QED) is 0.843. The lowest BCUT2D eigenvalue weighted by Gasteiger charge is -2.30. The topological polar surface area (TPSA) is 53.0 Å². The van der Waals surface area contributed by atoms with Crippen LogP contribution < -0.4 is 0 Å². The van der Waals surface area contributed by atoms with E-state index in [1.54, 1.807) is 11.9 Å². The van der Waals surface area contributed by atoms with E-state index in [-0.39, 0.29) is 5.91 Å². The fourth-order valence-corrected chi connectivity index (χ4v) is 3.76. The van der Waals surface area contributed by atoms with E-state index in [0.717, 1.165) is 44.7 Å². The van der Waals surface area contributed by atoms with Crippen LogP contribution in [0.5, 0.6) is 0 Å². The van der Waals surface area contributed by atoms with Gasteiger partial charge in [0, 0.05) is 33.2 Å². The largest absolute Gasteiger partial charge is 0.390 e. The molecular formula is C20H30N2O3. The molecule has 1 amide bonds. The number of rotatable bonds is 6. The smallest absolute Gasteiger partial charge is 0.226 e. The van der Waals surface area contributed by atoms with E-state index in [4.69, 9.17) is 4.74 Å². The third kappa shape index (κ3) is 5.27. The van der Waals surface area contributed by atoms with Crippen LogP contribution in [0.2, 0.25) is 0 Å². The zero-order chi connectivity index (χ0) is 17.6. The number of likely N-dealkylation sites (N-methyl/N-ethyl adjacent to an activating group) is 1. The molecule has 2 aliphatic rings. The zero-order valence-electron chi connectivity index (χ0n) is 15.2. The SMILES string of the molecule is CN(CC(O)CN1CCOCC1)C(=O)Cc1ccc2c(c1)CCCC2. The third-order valence-corrected chi connectivity index (χ3v) is 5.25. The maximum Gasteiger partial charge on any atom is 0.226 e. The van der Waals surface area contributed by atoms with E-state index in [2.05, 4.69) is 23.1 Å². The molecule has 0 bridgehead atoms. The standard InChI is InChI=1S/C20H30N2O3/c1-21(14-19(23)15-22-8-10-25-11-9-22)20(24)13-16-6-7-17-4-2-3-5-18(17)12-16/h6-7,12,19,23H,2-5,8-11,13-15H2,1H3. The van der Waals surface area contributed by atoms with E-state index >= 15 is 0 Å². The van der Waals surface area contributed by atoms with E-state index in [1.807, 2.05) is 0 Å². The molecule has 1 fully saturated rings. The molecule has 1 N–H and O–H groups in total. The number of β-amino-alcohol motifs (C(OH)–C–C–N with tert-alkyl or cyclic N) is 1. The molecule has 1 aliphatic carbocycles. The van der Waals surface area contributed by atoms with Gasteiger partial charge in [-0.2, -0.15) is 0 Å². The van der Waals surface area contributed by atoms with Crippen molar-refractivity contribution in [3.8, 4) is 0 Å². The van der Waals surface area contributed by atoms with Crippen LogP contribution in [-0.4, -0.2) is 73.4 Å². The minimum absolute atomic E-state index is 0.0665. The number of morpholine rings is 1. The third-order valence-electron chi connectivity index (χ3n) is 5.25. The molecule has 1 aliphatic heterocycles. The summed E-state index contributed by atoms with van der Waals surface area (Å²) in [7, 11) is 1.78. The van der Waals surface area contributed by atoms with Crippen molar-refractivity contribution in [3.05, 3.63) is 34.9 Å². The lowest BCUT2D eigenvalue weighted by molar-refractivity contribution is -0.130. The van der Waals surface area contributed by atoms with E-state index in [9.17, 15) is 9.90 Å². The van der Waals surface area contributed by atoms with Gasteiger partial charge in [-0.3, -0.25) is 9.69 Å². The van der Waals surface area contributed by atoms with Crippen molar-refractivity contribution < 1.29 is 14.6 Å². The molecule has 1 atom stereocenters. The number of hydrogen-bond donors (Lipinski definition) is 1. The van der Waals surface area contributed by atoms with E-state index < -0.39 is 6.10 Å². The van der Waals surface area contributed by atoms with Crippen molar-refractivity contribution in [2.75, 3.05) is 46.4 Å². The van der Waals surface area contributed by atoms with Crippen LogP contribution in [0.3, 0.4) is 0 Å². The predicted octanol–water partition coefficient (Wildman–Crippen LogP) is 1.26. The molecule has 1 heterocycles. The molecule has 0 spiro atoms. The minimum Gasteiger partial charge on any atom is -0.390 e. The van der Waals surface area contributed by atoms with Crippen molar-refractivity contribution >= 4 is 5.91 Å². The Morgan fingerprint density at radius 2 is 1.96 bits per heavy atom. The van der Waals surface area contributed by atoms with E-state index in [0.29, 0.717) is 19.5 Å². The summed E-state index contributed by atoms with van der Waals surface area (Å²) in [6, 6.07) is 6.47. The number of aryl methyl sites for hydroxylation is 2. The van der Waals surface area contributed by atoms with Crippen LogP contribution in [0.4, 0.5) is 0 Å². The summed E-state index contributed by atoms with van der Waals surface area (Å²) in [5.74, 6) is 0.0665. The summed E-state index contributed by atoms with van der Waals surface area (Å²) in [4.78, 5) is 16.3. The number of fused-ring (bicyclic) bond motifs is 1. The van der Waals surface area contributed by atoms with Gasteiger partial charge in [0.1, 0.15) is 0 Å². The van der Waals surface area contributed by atoms with Gasteiger partial charge in [-0.15, -0.1) is 0 Å². The van der Waals surface area contributed by atoms with Crippen LogP contribution in [0.25, 0.3) is 0 Å². The summed E-state index contributed by atoms with van der Waals surface area (Å²) in [6.07, 6.45) is 4.71. The molecule has 0 aromatic heterocycles. The Bertz CT molecular complexity index is 584. The highest BCUT2D eigenvalue weighted by molar-refractivity contribution is 5.78. The molecule has 0 saturated carbocycles. The summed E-state index contributed by atoms with van der Waals surface area (Å²) < 4.78 is 5.32. The Balaban J connectivity index is 1.48. The molecule has 1 saturated heterocycles. The lowest BCUT2D eigenvalue weighted by atomic mass is 9.90. The van der Waals surface area contributed by atoms with E-state index in [1.165, 1.54) is 24.0 Å². The molecule has 5 heteroatoms. The van der Waals surface area contributed by atoms with Gasteiger partial charge in [-0.05, 0) is 42.4 Å². The van der Waals surface area contributed by atoms with Crippen molar-refractivity contribution in [1.29, 1.82) is 0 Å². The Hall–Kier alpha value is -1.43. The molecule has 1 aromatic rings. The number of aliphatic hydroxyl groups excluding tert-OH is 1. The number of ether oxygens (including phenoxy) is 1. The first-order chi connectivity index (χ1) is 12.1. The molecule has 3 rings (SSSR count). The van der Waals surface area contributed by atoms with Gasteiger partial charge in [0.05, 0.1) is 25.7 Å². The van der Waals surface area contributed by atoms with Crippen molar-refractivity contribution in [2.45, 2.75) is 38.2 Å². The number of aliphatic hydroxyl groups is 1. The molecule has 5 nitrogen and oxygen atoms in total. The molecular weight excluding hydrogens is 316 g/mol. The zero-order valence-corrected chi connectivity index (χ0v) is 15.2. The molecule has 0 radical (unpaired) electrons. The second kappa shape index (κ2) is 8.79. The Morgan fingerprint density at radius 1 is 1.24 bits per heavy atom. The van der Waals surface area contributed by atoms with Gasteiger partial charge >= 0.3 is 0 Å². The number of carbonyl (C=O) groups excluding carboxylic acids is 1. The van der Waals surface area contributed by atoms with Crippen molar-refractivity contribution in [1.82, 2.24) is 9.80 Å². The van der Waals surface area contributed by atoms with Gasteiger partial charge < -0.3 is 14.7 Å². The van der Waals surface area contributed by atoms with Gasteiger partial charge in [-0.1, -0.05) is 18.2 Å². The van der Waals surface area contributed by atoms with Crippen LogP contribution in [-0.2, 0) is 28.8 Å². The molecule has 138 valence electrons. The van der Waals surface area contributed by atoms with Crippen LogP contribution in [0.1, 0.15) is 29.5 Å². The highest BCUT2D eigenvalue weighted by Gasteiger charge is 2.19. The Morgan fingerprint density at radius 3 is 2.72 bits per heavy atom. The number of benzene rings is 1. The fourth-order valence-electron chi connectivity index (χ4n) is 3.76. The highest BCUT2D eigenvalue weighted by atomic mass is 16.5. The minimum atomic E-state index is -0.518. The fraction of sp³-hybridized carbons (Fsp3) is 0.650. The summed E-state index contributed by atoms with van der Waals surface area (Å²) in [5.41, 5.74) is 3.93. The normalized spacial score (nSPS) is 19.3. The van der Waals surface area contributed by atoms with Gasteiger partial charge in [0.25, 0.3) is 0 Å². The van der Waals surface area contributed by atoms with Gasteiger partial charge in [0.2, 0.25) is 5.91 Å². The predicted molar refractivity (Wildman–Crippen MR) is 97.7 cm³/mol. The number of amides is 1. The highest BCUT2D eigenvalue weighted by Crippen LogP contribution is 2.22. The summed E-state index contributed by atoms with van der Waals surface area (Å²) in [5, 5.41) is 10.3. The molecule has 1 aromatic carbocycles. The lowest BCUT2D eigenvalue weighted by Crippen LogP contribution is -2.45. The number of hydrogen-bond acceptors (Lipinski definition) is 4. The number of carbonyl (C=O) groups is 1. The average molecular weight is 346 g/mol. The number of nitrogens with zero attached hydrogens (tertiary/aromatic N) is 2. The second-order valence-electron chi connectivity index (χ2n) is 7.33. The maximum atomic E-state index is 12.5. The molecule has 25 heavy (non-hydrogen) atoms. The average Bonchev–Trinajstić information content (AvgIpc) is 2.62. The Kier molecular flexibility index (Phi) is 6.45. The monoisotopic (exact) mass is 346 g/mol. The molecule has 1 unspecified atom stereocenters.